The van der Waals surface area contributed by atoms with Crippen molar-refractivity contribution in [2.24, 2.45) is 0 Å². The molecule has 0 amide bonds. The molecule has 8 heteroatoms. The molecule has 1 aliphatic carbocycles. The van der Waals surface area contributed by atoms with Crippen molar-refractivity contribution in [1.29, 1.82) is 0 Å². The molecule has 1 fully saturated rings. The van der Waals surface area contributed by atoms with Crippen LogP contribution in [0.4, 0.5) is 15.8 Å². The van der Waals surface area contributed by atoms with Gasteiger partial charge in [-0.3, -0.25) is 10.1 Å². The third-order valence-electron chi connectivity index (χ3n) is 3.07. The summed E-state index contributed by atoms with van der Waals surface area (Å²) in [6, 6.07) is 1.45. The molecule has 1 aromatic rings. The van der Waals surface area contributed by atoms with Crippen molar-refractivity contribution in [2.45, 2.75) is 18.4 Å². The van der Waals surface area contributed by atoms with Gasteiger partial charge in [0.15, 0.2) is 0 Å². The number of halogens is 1. The van der Waals surface area contributed by atoms with Crippen LogP contribution in [0, 0.1) is 15.9 Å². The topological polar surface area (TPSA) is 113 Å². The zero-order chi connectivity index (χ0) is 14.2. The molecule has 0 unspecified atom stereocenters. The van der Waals surface area contributed by atoms with Gasteiger partial charge >= 0.3 is 5.97 Å². The maximum absolute atomic E-state index is 13.5. The minimum Gasteiger partial charge on any atom is -0.478 e. The molecular formula is C11H11FN2O5. The molecule has 0 atom stereocenters. The number of hydrogen-bond acceptors (Lipinski definition) is 5. The highest BCUT2D eigenvalue weighted by molar-refractivity contribution is 5.90. The van der Waals surface area contributed by atoms with Crippen LogP contribution < -0.4 is 5.32 Å². The summed E-state index contributed by atoms with van der Waals surface area (Å²) in [6.45, 7) is -0.230. The first-order valence-corrected chi connectivity index (χ1v) is 5.49. The summed E-state index contributed by atoms with van der Waals surface area (Å²) in [4.78, 5) is 20.8. The number of aromatic carboxylic acids is 1. The van der Waals surface area contributed by atoms with E-state index in [4.69, 9.17) is 10.2 Å². The average Bonchev–Trinajstić information content (AvgIpc) is 3.08. The number of nitro groups is 1. The molecule has 0 spiro atoms. The highest BCUT2D eigenvalue weighted by atomic mass is 19.1. The molecule has 0 aromatic heterocycles. The maximum Gasteiger partial charge on any atom is 0.338 e. The highest BCUT2D eigenvalue weighted by Gasteiger charge is 2.43. The lowest BCUT2D eigenvalue weighted by atomic mass is 10.1. The van der Waals surface area contributed by atoms with Crippen molar-refractivity contribution >= 4 is 17.3 Å². The van der Waals surface area contributed by atoms with Crippen LogP contribution in [0.3, 0.4) is 0 Å². The standard InChI is InChI=1S/C11H11FN2O5/c12-7-4-8(13-11(5-15)1-2-11)9(14(18)19)3-6(7)10(16)17/h3-4,13,15H,1-2,5H2,(H,16,17). The van der Waals surface area contributed by atoms with Gasteiger partial charge in [0.1, 0.15) is 17.1 Å². The van der Waals surface area contributed by atoms with Crippen molar-refractivity contribution in [2.75, 3.05) is 11.9 Å². The van der Waals surface area contributed by atoms with Crippen molar-refractivity contribution in [3.63, 3.8) is 0 Å². The molecule has 2 rings (SSSR count). The molecule has 0 heterocycles. The van der Waals surface area contributed by atoms with E-state index in [0.29, 0.717) is 18.9 Å². The number of hydrogen-bond donors (Lipinski definition) is 3. The molecule has 0 radical (unpaired) electrons. The predicted molar refractivity (Wildman–Crippen MR) is 62.7 cm³/mol. The Kier molecular flexibility index (Phi) is 3.11. The molecular weight excluding hydrogens is 259 g/mol. The number of nitro benzene ring substituents is 1. The Hall–Kier alpha value is -2.22. The quantitative estimate of drug-likeness (QED) is 0.550. The number of benzene rings is 1. The van der Waals surface area contributed by atoms with Crippen molar-refractivity contribution in [3.8, 4) is 0 Å². The molecule has 1 aromatic carbocycles. The van der Waals surface area contributed by atoms with Crippen LogP contribution in [0.25, 0.3) is 0 Å². The number of carbonyl (C=O) groups is 1. The molecule has 3 N–H and O–H groups in total. The fourth-order valence-corrected chi connectivity index (χ4v) is 1.74. The molecule has 19 heavy (non-hydrogen) atoms. The molecule has 7 nitrogen and oxygen atoms in total. The van der Waals surface area contributed by atoms with Gasteiger partial charge in [0.05, 0.1) is 17.1 Å². The Morgan fingerprint density at radius 1 is 1.53 bits per heavy atom. The molecule has 0 bridgehead atoms. The fourth-order valence-electron chi connectivity index (χ4n) is 1.74. The van der Waals surface area contributed by atoms with E-state index in [1.54, 1.807) is 0 Å². The van der Waals surface area contributed by atoms with Gasteiger partial charge < -0.3 is 15.5 Å². The molecule has 0 aliphatic heterocycles. The third kappa shape index (κ3) is 2.48. The summed E-state index contributed by atoms with van der Waals surface area (Å²) in [5, 5.41) is 31.5. The smallest absolute Gasteiger partial charge is 0.338 e. The van der Waals surface area contributed by atoms with Gasteiger partial charge in [-0.25, -0.2) is 9.18 Å². The number of carboxylic acids is 1. The number of aliphatic hydroxyl groups excluding tert-OH is 1. The lowest BCUT2D eigenvalue weighted by Gasteiger charge is -2.16. The van der Waals surface area contributed by atoms with Crippen LogP contribution in [0.2, 0.25) is 0 Å². The normalized spacial score (nSPS) is 15.9. The third-order valence-corrected chi connectivity index (χ3v) is 3.07. The Morgan fingerprint density at radius 2 is 2.16 bits per heavy atom. The van der Waals surface area contributed by atoms with E-state index in [0.717, 1.165) is 6.07 Å². The van der Waals surface area contributed by atoms with Crippen molar-refractivity contribution in [1.82, 2.24) is 0 Å². The Bertz CT molecular complexity index is 556. The van der Waals surface area contributed by atoms with Gasteiger partial charge in [0.2, 0.25) is 0 Å². The van der Waals surface area contributed by atoms with Gasteiger partial charge in [-0.05, 0) is 12.8 Å². The SMILES string of the molecule is O=C(O)c1cc([N+](=O)[O-])c(NC2(CO)CC2)cc1F. The Morgan fingerprint density at radius 3 is 2.58 bits per heavy atom. The summed E-state index contributed by atoms with van der Waals surface area (Å²) < 4.78 is 13.5. The van der Waals surface area contributed by atoms with Crippen molar-refractivity contribution < 1.29 is 24.3 Å². The number of nitrogens with zero attached hydrogens (tertiary/aromatic N) is 1. The lowest BCUT2D eigenvalue weighted by molar-refractivity contribution is -0.384. The van der Waals surface area contributed by atoms with Crippen LogP contribution in [-0.2, 0) is 0 Å². The van der Waals surface area contributed by atoms with E-state index in [1.807, 2.05) is 0 Å². The average molecular weight is 270 g/mol. The summed E-state index contributed by atoms with van der Waals surface area (Å²) >= 11 is 0. The minimum atomic E-state index is -1.57. The summed E-state index contributed by atoms with van der Waals surface area (Å²) in [6.07, 6.45) is 1.23. The Labute approximate surface area is 106 Å². The van der Waals surface area contributed by atoms with Crippen LogP contribution in [0.5, 0.6) is 0 Å². The van der Waals surface area contributed by atoms with Gasteiger partial charge in [-0.2, -0.15) is 0 Å². The van der Waals surface area contributed by atoms with Gasteiger partial charge in [-0.15, -0.1) is 0 Å². The minimum absolute atomic E-state index is 0.126. The number of rotatable bonds is 5. The van der Waals surface area contributed by atoms with Gasteiger partial charge in [0.25, 0.3) is 5.69 Å². The van der Waals surface area contributed by atoms with Gasteiger partial charge in [0, 0.05) is 12.1 Å². The van der Waals surface area contributed by atoms with E-state index in [9.17, 15) is 19.3 Å². The van der Waals surface area contributed by atoms with E-state index in [1.165, 1.54) is 0 Å². The second-order valence-electron chi connectivity index (χ2n) is 4.47. The van der Waals surface area contributed by atoms with E-state index in [2.05, 4.69) is 5.32 Å². The van der Waals surface area contributed by atoms with Crippen LogP contribution >= 0.6 is 0 Å². The summed E-state index contributed by atoms with van der Waals surface area (Å²) in [5.41, 5.74) is -2.08. The molecule has 0 saturated heterocycles. The number of anilines is 1. The van der Waals surface area contributed by atoms with Crippen LogP contribution in [0.1, 0.15) is 23.2 Å². The monoisotopic (exact) mass is 270 g/mol. The zero-order valence-corrected chi connectivity index (χ0v) is 9.72. The first-order valence-electron chi connectivity index (χ1n) is 5.49. The van der Waals surface area contributed by atoms with E-state index >= 15 is 0 Å². The number of aliphatic hydroxyl groups is 1. The highest BCUT2D eigenvalue weighted by Crippen LogP contribution is 2.41. The second-order valence-corrected chi connectivity index (χ2v) is 4.47. The van der Waals surface area contributed by atoms with Crippen LogP contribution in [-0.4, -0.2) is 33.3 Å². The Balaban J connectivity index is 2.45. The predicted octanol–water partition coefficient (Wildman–Crippen LogP) is 1.37. The lowest BCUT2D eigenvalue weighted by Crippen LogP contribution is -2.26. The first-order chi connectivity index (χ1) is 8.88. The molecule has 1 aliphatic rings. The van der Waals surface area contributed by atoms with Crippen LogP contribution in [0.15, 0.2) is 12.1 Å². The zero-order valence-electron chi connectivity index (χ0n) is 9.72. The maximum atomic E-state index is 13.5. The summed E-state index contributed by atoms with van der Waals surface area (Å²) in [5.74, 6) is -2.63. The second kappa shape index (κ2) is 4.47. The number of nitrogens with one attached hydrogen (secondary N) is 1. The molecule has 102 valence electrons. The van der Waals surface area contributed by atoms with E-state index < -0.39 is 33.5 Å². The number of carboxylic acid groups (broad SMARTS) is 1. The van der Waals surface area contributed by atoms with Crippen molar-refractivity contribution in [3.05, 3.63) is 33.6 Å². The largest absolute Gasteiger partial charge is 0.478 e. The van der Waals surface area contributed by atoms with Gasteiger partial charge in [-0.1, -0.05) is 0 Å². The summed E-state index contributed by atoms with van der Waals surface area (Å²) in [7, 11) is 0. The van der Waals surface area contributed by atoms with E-state index in [-0.39, 0.29) is 12.3 Å². The fraction of sp³-hybridized carbons (Fsp3) is 0.364. The first kappa shape index (κ1) is 13.2. The molecule has 1 saturated carbocycles.